The van der Waals surface area contributed by atoms with Crippen molar-refractivity contribution in [2.75, 3.05) is 29.6 Å². The summed E-state index contributed by atoms with van der Waals surface area (Å²) in [7, 11) is -0.780. The molecule has 0 aliphatic carbocycles. The smallest absolute Gasteiger partial charge is 0.0437 e. The van der Waals surface area contributed by atoms with Gasteiger partial charge in [0.2, 0.25) is 0 Å². The number of nitrogens with zero attached hydrogens (tertiary/aromatic N) is 1. The Morgan fingerprint density at radius 2 is 2.18 bits per heavy atom. The van der Waals surface area contributed by atoms with Crippen molar-refractivity contribution >= 4 is 32.9 Å². The number of pyridine rings is 1. The van der Waals surface area contributed by atoms with Crippen molar-refractivity contribution in [1.82, 2.24) is 4.98 Å². The van der Waals surface area contributed by atoms with E-state index in [0.717, 1.165) is 22.1 Å². The van der Waals surface area contributed by atoms with Crippen LogP contribution in [0.1, 0.15) is 0 Å². The topological polar surface area (TPSA) is 68.0 Å². The molecule has 0 fully saturated rings. The molecule has 2 rings (SSSR count). The maximum atomic E-state index is 11.0. The van der Waals surface area contributed by atoms with Crippen LogP contribution in [0, 0.1) is 0 Å². The number of anilines is 2. The molecule has 2 aromatic rings. The van der Waals surface area contributed by atoms with Crippen LogP contribution in [-0.2, 0) is 10.8 Å². The fraction of sp³-hybridized carbons (Fsp3) is 0.250. The highest BCUT2D eigenvalue weighted by molar-refractivity contribution is 7.84. The number of hydrogen-bond donors (Lipinski definition) is 2. The Morgan fingerprint density at radius 3 is 2.94 bits per heavy atom. The fourth-order valence-electron chi connectivity index (χ4n) is 1.70. The third-order valence-corrected chi connectivity index (χ3v) is 3.34. The summed E-state index contributed by atoms with van der Waals surface area (Å²) in [5.74, 6) is 0.631. The lowest BCUT2D eigenvalue weighted by Gasteiger charge is -2.10. The van der Waals surface area contributed by atoms with Crippen LogP contribution in [0.15, 0.2) is 30.6 Å². The number of fused-ring (bicyclic) bond motifs is 1. The van der Waals surface area contributed by atoms with Gasteiger partial charge < -0.3 is 11.1 Å². The van der Waals surface area contributed by atoms with Crippen LogP contribution >= 0.6 is 0 Å². The minimum Gasteiger partial charge on any atom is -0.398 e. The highest BCUT2D eigenvalue weighted by Crippen LogP contribution is 2.27. The van der Waals surface area contributed by atoms with Gasteiger partial charge in [0, 0.05) is 63.9 Å². The van der Waals surface area contributed by atoms with Gasteiger partial charge in [0.25, 0.3) is 0 Å². The van der Waals surface area contributed by atoms with E-state index in [2.05, 4.69) is 10.3 Å². The van der Waals surface area contributed by atoms with E-state index in [4.69, 9.17) is 5.73 Å². The SMILES string of the molecule is CS(=O)CCNc1ccc(N)c2ccncc12. The fourth-order valence-corrected chi connectivity index (χ4v) is 2.09. The molecule has 1 aromatic heterocycles. The van der Waals surface area contributed by atoms with Crippen molar-refractivity contribution < 1.29 is 4.21 Å². The zero-order chi connectivity index (χ0) is 12.3. The van der Waals surface area contributed by atoms with Crippen molar-refractivity contribution in [3.8, 4) is 0 Å². The largest absolute Gasteiger partial charge is 0.398 e. The van der Waals surface area contributed by atoms with Crippen LogP contribution in [0.25, 0.3) is 10.8 Å². The van der Waals surface area contributed by atoms with Crippen LogP contribution < -0.4 is 11.1 Å². The molecule has 0 saturated heterocycles. The van der Waals surface area contributed by atoms with E-state index in [9.17, 15) is 4.21 Å². The van der Waals surface area contributed by atoms with Gasteiger partial charge in [-0.15, -0.1) is 0 Å². The first kappa shape index (κ1) is 11.9. The van der Waals surface area contributed by atoms with Gasteiger partial charge in [-0.1, -0.05) is 0 Å². The summed E-state index contributed by atoms with van der Waals surface area (Å²) in [6.07, 6.45) is 5.21. The van der Waals surface area contributed by atoms with E-state index in [1.54, 1.807) is 18.6 Å². The molecule has 0 aliphatic rings. The molecule has 1 atom stereocenters. The Kier molecular flexibility index (Phi) is 3.58. The second-order valence-electron chi connectivity index (χ2n) is 3.83. The van der Waals surface area contributed by atoms with Crippen LogP contribution in [0.2, 0.25) is 0 Å². The van der Waals surface area contributed by atoms with Gasteiger partial charge in [-0.2, -0.15) is 0 Å². The molecule has 5 heteroatoms. The van der Waals surface area contributed by atoms with Crippen molar-refractivity contribution in [2.45, 2.75) is 0 Å². The van der Waals surface area contributed by atoms with Crippen LogP contribution in [0.5, 0.6) is 0 Å². The van der Waals surface area contributed by atoms with Gasteiger partial charge in [-0.3, -0.25) is 9.19 Å². The first-order valence-electron chi connectivity index (χ1n) is 5.34. The Labute approximate surface area is 103 Å². The Balaban J connectivity index is 2.28. The maximum Gasteiger partial charge on any atom is 0.0437 e. The summed E-state index contributed by atoms with van der Waals surface area (Å²) < 4.78 is 11.0. The van der Waals surface area contributed by atoms with Gasteiger partial charge in [0.1, 0.15) is 0 Å². The minimum atomic E-state index is -0.780. The summed E-state index contributed by atoms with van der Waals surface area (Å²) in [4.78, 5) is 4.10. The molecule has 0 amide bonds. The zero-order valence-electron chi connectivity index (χ0n) is 9.64. The zero-order valence-corrected chi connectivity index (χ0v) is 10.5. The quantitative estimate of drug-likeness (QED) is 0.808. The van der Waals surface area contributed by atoms with Crippen molar-refractivity contribution in [3.63, 3.8) is 0 Å². The van der Waals surface area contributed by atoms with Gasteiger partial charge in [-0.25, -0.2) is 0 Å². The monoisotopic (exact) mass is 249 g/mol. The molecule has 1 aromatic carbocycles. The van der Waals surface area contributed by atoms with Gasteiger partial charge in [-0.05, 0) is 18.2 Å². The van der Waals surface area contributed by atoms with E-state index in [1.807, 2.05) is 18.2 Å². The lowest BCUT2D eigenvalue weighted by molar-refractivity contribution is 0.687. The average Bonchev–Trinajstić information content (AvgIpc) is 2.32. The summed E-state index contributed by atoms with van der Waals surface area (Å²) in [5, 5.41) is 5.24. The normalized spacial score (nSPS) is 12.5. The lowest BCUT2D eigenvalue weighted by Crippen LogP contribution is -2.10. The molecule has 0 bridgehead atoms. The number of nitrogens with one attached hydrogen (secondary N) is 1. The van der Waals surface area contributed by atoms with Gasteiger partial charge in [0.15, 0.2) is 0 Å². The first-order valence-corrected chi connectivity index (χ1v) is 7.07. The maximum absolute atomic E-state index is 11.0. The van der Waals surface area contributed by atoms with Crippen molar-refractivity contribution in [3.05, 3.63) is 30.6 Å². The Morgan fingerprint density at radius 1 is 1.35 bits per heavy atom. The van der Waals surface area contributed by atoms with E-state index in [0.29, 0.717) is 12.3 Å². The summed E-state index contributed by atoms with van der Waals surface area (Å²) in [6.45, 7) is 0.678. The minimum absolute atomic E-state index is 0.631. The molecule has 0 spiro atoms. The molecular formula is C12H15N3OS. The lowest BCUT2D eigenvalue weighted by atomic mass is 10.1. The van der Waals surface area contributed by atoms with Crippen LogP contribution in [-0.4, -0.2) is 27.7 Å². The van der Waals surface area contributed by atoms with E-state index in [-0.39, 0.29) is 0 Å². The molecule has 1 heterocycles. The van der Waals surface area contributed by atoms with Crippen LogP contribution in [0.3, 0.4) is 0 Å². The van der Waals surface area contributed by atoms with E-state index >= 15 is 0 Å². The first-order chi connectivity index (χ1) is 8.18. The van der Waals surface area contributed by atoms with E-state index < -0.39 is 10.8 Å². The Bertz CT molecular complexity index is 556. The summed E-state index contributed by atoms with van der Waals surface area (Å²) >= 11 is 0. The molecule has 0 radical (unpaired) electrons. The second-order valence-corrected chi connectivity index (χ2v) is 5.38. The molecular weight excluding hydrogens is 234 g/mol. The molecule has 17 heavy (non-hydrogen) atoms. The summed E-state index contributed by atoms with van der Waals surface area (Å²) in [6, 6.07) is 5.69. The number of nitrogen functional groups attached to an aromatic ring is 1. The number of nitrogens with two attached hydrogens (primary N) is 1. The molecule has 0 aliphatic heterocycles. The highest BCUT2D eigenvalue weighted by atomic mass is 32.2. The molecule has 90 valence electrons. The highest BCUT2D eigenvalue weighted by Gasteiger charge is 2.03. The third-order valence-electron chi connectivity index (χ3n) is 2.56. The number of aromatic nitrogens is 1. The molecule has 4 nitrogen and oxygen atoms in total. The van der Waals surface area contributed by atoms with Gasteiger partial charge in [0.05, 0.1) is 0 Å². The predicted molar refractivity (Wildman–Crippen MR) is 73.6 cm³/mol. The second kappa shape index (κ2) is 5.14. The van der Waals surface area contributed by atoms with E-state index in [1.165, 1.54) is 0 Å². The number of rotatable bonds is 4. The summed E-state index contributed by atoms with van der Waals surface area (Å²) in [5.41, 5.74) is 7.62. The average molecular weight is 249 g/mol. The third kappa shape index (κ3) is 2.74. The Hall–Kier alpha value is -1.62. The number of hydrogen-bond acceptors (Lipinski definition) is 4. The van der Waals surface area contributed by atoms with Crippen LogP contribution in [0.4, 0.5) is 11.4 Å². The van der Waals surface area contributed by atoms with Crippen molar-refractivity contribution in [1.29, 1.82) is 0 Å². The molecule has 0 saturated carbocycles. The van der Waals surface area contributed by atoms with Crippen molar-refractivity contribution in [2.24, 2.45) is 0 Å². The standard InChI is InChI=1S/C12H15N3OS/c1-17(16)7-6-15-12-3-2-11(13)9-4-5-14-8-10(9)12/h2-5,8,15H,6-7,13H2,1H3. The van der Waals surface area contributed by atoms with Gasteiger partial charge >= 0.3 is 0 Å². The number of benzene rings is 1. The molecule has 3 N–H and O–H groups in total. The predicted octanol–water partition coefficient (Wildman–Crippen LogP) is 1.61. The molecule has 1 unspecified atom stereocenters.